The van der Waals surface area contributed by atoms with Crippen LogP contribution in [-0.4, -0.2) is 56.0 Å². The van der Waals surface area contributed by atoms with E-state index in [2.05, 4.69) is 5.32 Å². The molecule has 2 aromatic rings. The number of nitrogens with zero attached hydrogens (tertiary/aromatic N) is 2. The van der Waals surface area contributed by atoms with Crippen LogP contribution in [0.25, 0.3) is 0 Å². The number of nitrogens with one attached hydrogen (secondary N) is 1. The summed E-state index contributed by atoms with van der Waals surface area (Å²) in [5.74, 6) is -0.699. The van der Waals surface area contributed by atoms with Crippen molar-refractivity contribution in [3.63, 3.8) is 0 Å². The summed E-state index contributed by atoms with van der Waals surface area (Å²) < 4.78 is 32.1. The number of hydrogen-bond acceptors (Lipinski definition) is 6. The predicted molar refractivity (Wildman–Crippen MR) is 111 cm³/mol. The van der Waals surface area contributed by atoms with Gasteiger partial charge in [-0.15, -0.1) is 0 Å². The van der Waals surface area contributed by atoms with Gasteiger partial charge < -0.3 is 14.6 Å². The Bertz CT molecular complexity index is 995. The summed E-state index contributed by atoms with van der Waals surface area (Å²) in [6, 6.07) is 9.51. The second kappa shape index (κ2) is 9.02. The van der Waals surface area contributed by atoms with Gasteiger partial charge in [0.05, 0.1) is 5.69 Å². The molecule has 0 atom stereocenters. The number of furan rings is 1. The number of para-hydroxylation sites is 1. The fourth-order valence-corrected chi connectivity index (χ4v) is 5.02. The number of carbonyl (C=O) groups is 2. The molecule has 0 unspecified atom stereocenters. The molecule has 1 saturated heterocycles. The fraction of sp³-hybridized carbons (Fsp3) is 0.368. The van der Waals surface area contributed by atoms with E-state index in [1.807, 2.05) is 0 Å². The molecule has 2 heterocycles. The zero-order chi connectivity index (χ0) is 21.0. The first-order valence-corrected chi connectivity index (χ1v) is 11.4. The lowest BCUT2D eigenvalue weighted by atomic mass is 10.2. The number of anilines is 1. The Morgan fingerprint density at radius 1 is 1.07 bits per heavy atom. The molecular weight excluding hydrogens is 414 g/mol. The summed E-state index contributed by atoms with van der Waals surface area (Å²) in [6.07, 6.45) is 2.63. The number of hydrogen-bond donors (Lipinski definition) is 1. The summed E-state index contributed by atoms with van der Waals surface area (Å²) in [7, 11) is -0.464. The lowest BCUT2D eigenvalue weighted by molar-refractivity contribution is 0.0991. The maximum absolute atomic E-state index is 12.7. The topological polar surface area (TPSA) is 99.9 Å². The summed E-state index contributed by atoms with van der Waals surface area (Å²) in [5.41, 5.74) is 0.439. The molecule has 156 valence electrons. The third-order valence-electron chi connectivity index (χ3n) is 4.41. The van der Waals surface area contributed by atoms with Gasteiger partial charge >= 0.3 is 0 Å². The lowest BCUT2D eigenvalue weighted by Crippen LogP contribution is -2.35. The van der Waals surface area contributed by atoms with Crippen LogP contribution in [0.5, 0.6) is 0 Å². The Kier molecular flexibility index (Phi) is 6.66. The molecule has 29 heavy (non-hydrogen) atoms. The second-order valence-electron chi connectivity index (χ2n) is 6.80. The van der Waals surface area contributed by atoms with Crippen LogP contribution in [0.3, 0.4) is 0 Å². The van der Waals surface area contributed by atoms with Gasteiger partial charge in [0.2, 0.25) is 5.09 Å². The van der Waals surface area contributed by atoms with Crippen molar-refractivity contribution < 1.29 is 22.4 Å². The summed E-state index contributed by atoms with van der Waals surface area (Å²) >= 11 is 0.983. The van der Waals surface area contributed by atoms with E-state index < -0.39 is 15.9 Å². The standard InChI is InChI=1S/C19H23N3O5S2/c1-21(2)19(24)28-16-9-5-4-8-14(16)20-18(23)15-10-11-17(27-15)29(25,26)22-12-6-3-7-13-22/h4-5,8-11H,3,6-7,12-13H2,1-2H3,(H,20,23). The van der Waals surface area contributed by atoms with Crippen LogP contribution in [0.2, 0.25) is 0 Å². The fourth-order valence-electron chi connectivity index (χ4n) is 2.84. The predicted octanol–water partition coefficient (Wildman–Crippen LogP) is 3.48. The van der Waals surface area contributed by atoms with Crippen molar-refractivity contribution in [1.29, 1.82) is 0 Å². The van der Waals surface area contributed by atoms with Crippen LogP contribution >= 0.6 is 11.8 Å². The van der Waals surface area contributed by atoms with Gasteiger partial charge in [0.25, 0.3) is 21.2 Å². The van der Waals surface area contributed by atoms with E-state index in [-0.39, 0.29) is 16.1 Å². The molecule has 8 nitrogen and oxygen atoms in total. The van der Waals surface area contributed by atoms with Gasteiger partial charge in [-0.3, -0.25) is 9.59 Å². The van der Waals surface area contributed by atoms with E-state index in [0.29, 0.717) is 23.7 Å². The van der Waals surface area contributed by atoms with E-state index in [0.717, 1.165) is 31.0 Å². The molecule has 0 radical (unpaired) electrons. The number of carbonyl (C=O) groups excluding carboxylic acids is 2. The molecule has 2 amide bonds. The van der Waals surface area contributed by atoms with E-state index in [1.54, 1.807) is 38.4 Å². The van der Waals surface area contributed by atoms with E-state index in [4.69, 9.17) is 4.42 Å². The number of amides is 2. The lowest BCUT2D eigenvalue weighted by Gasteiger charge is -2.24. The zero-order valence-corrected chi connectivity index (χ0v) is 17.9. The van der Waals surface area contributed by atoms with Gasteiger partial charge in [-0.25, -0.2) is 8.42 Å². The van der Waals surface area contributed by atoms with Crippen LogP contribution in [0.1, 0.15) is 29.8 Å². The smallest absolute Gasteiger partial charge is 0.291 e. The average molecular weight is 438 g/mol. The molecule has 3 rings (SSSR count). The number of thioether (sulfide) groups is 1. The van der Waals surface area contributed by atoms with Crippen LogP contribution in [0.15, 0.2) is 50.8 Å². The average Bonchev–Trinajstić information content (AvgIpc) is 3.21. The number of sulfonamides is 1. The minimum Gasteiger partial charge on any atom is -0.438 e. The van der Waals surface area contributed by atoms with Gasteiger partial charge in [-0.1, -0.05) is 18.6 Å². The molecule has 1 N–H and O–H groups in total. The number of rotatable bonds is 5. The molecule has 1 aliphatic rings. The minimum atomic E-state index is -3.75. The van der Waals surface area contributed by atoms with Crippen LogP contribution < -0.4 is 5.32 Å². The van der Waals surface area contributed by atoms with Crippen LogP contribution in [0.4, 0.5) is 10.5 Å². The third kappa shape index (κ3) is 5.01. The zero-order valence-electron chi connectivity index (χ0n) is 16.3. The first-order valence-electron chi connectivity index (χ1n) is 9.18. The van der Waals surface area contributed by atoms with Crippen molar-refractivity contribution in [2.75, 3.05) is 32.5 Å². The summed E-state index contributed by atoms with van der Waals surface area (Å²) in [5, 5.41) is 2.26. The molecule has 10 heteroatoms. The van der Waals surface area contributed by atoms with E-state index in [9.17, 15) is 18.0 Å². The first kappa shape index (κ1) is 21.4. The van der Waals surface area contributed by atoms with Crippen LogP contribution in [0, 0.1) is 0 Å². The number of piperidine rings is 1. The van der Waals surface area contributed by atoms with Crippen molar-refractivity contribution >= 4 is 38.6 Å². The molecule has 1 aromatic carbocycles. The molecular formula is C19H23N3O5S2. The summed E-state index contributed by atoms with van der Waals surface area (Å²) in [6.45, 7) is 0.907. The SMILES string of the molecule is CN(C)C(=O)Sc1ccccc1NC(=O)c1ccc(S(=O)(=O)N2CCCCC2)o1. The van der Waals surface area contributed by atoms with Crippen molar-refractivity contribution in [3.05, 3.63) is 42.2 Å². The van der Waals surface area contributed by atoms with Crippen molar-refractivity contribution in [2.45, 2.75) is 29.3 Å². The van der Waals surface area contributed by atoms with Crippen LogP contribution in [-0.2, 0) is 10.0 Å². The van der Waals surface area contributed by atoms with Gasteiger partial charge in [0, 0.05) is 32.1 Å². The molecule has 0 saturated carbocycles. The van der Waals surface area contributed by atoms with Crippen molar-refractivity contribution in [2.24, 2.45) is 0 Å². The van der Waals surface area contributed by atoms with Gasteiger partial charge in [-0.05, 0) is 48.9 Å². The Labute approximate surface area is 174 Å². The molecule has 0 aliphatic carbocycles. The highest BCUT2D eigenvalue weighted by Gasteiger charge is 2.29. The van der Waals surface area contributed by atoms with Gasteiger partial charge in [-0.2, -0.15) is 4.31 Å². The third-order valence-corrected chi connectivity index (χ3v) is 7.30. The van der Waals surface area contributed by atoms with E-state index in [1.165, 1.54) is 21.3 Å². The molecule has 1 fully saturated rings. The largest absolute Gasteiger partial charge is 0.438 e. The monoisotopic (exact) mass is 437 g/mol. The Hall–Kier alpha value is -2.30. The van der Waals surface area contributed by atoms with Crippen molar-refractivity contribution in [1.82, 2.24) is 9.21 Å². The Balaban J connectivity index is 1.75. The minimum absolute atomic E-state index is 0.112. The quantitative estimate of drug-likeness (QED) is 0.719. The molecule has 1 aromatic heterocycles. The molecule has 0 bridgehead atoms. The van der Waals surface area contributed by atoms with Gasteiger partial charge in [0.15, 0.2) is 5.76 Å². The number of benzene rings is 1. The molecule has 1 aliphatic heterocycles. The maximum atomic E-state index is 12.7. The van der Waals surface area contributed by atoms with E-state index >= 15 is 0 Å². The summed E-state index contributed by atoms with van der Waals surface area (Å²) in [4.78, 5) is 26.6. The Morgan fingerprint density at radius 3 is 2.45 bits per heavy atom. The second-order valence-corrected chi connectivity index (χ2v) is 9.66. The molecule has 0 spiro atoms. The maximum Gasteiger partial charge on any atom is 0.291 e. The highest BCUT2D eigenvalue weighted by molar-refractivity contribution is 8.13. The Morgan fingerprint density at radius 2 is 1.76 bits per heavy atom. The first-order chi connectivity index (χ1) is 13.8. The highest BCUT2D eigenvalue weighted by Crippen LogP contribution is 2.29. The highest BCUT2D eigenvalue weighted by atomic mass is 32.2. The van der Waals surface area contributed by atoms with Crippen molar-refractivity contribution in [3.8, 4) is 0 Å². The normalized spacial score (nSPS) is 15.1. The van der Waals surface area contributed by atoms with Gasteiger partial charge in [0.1, 0.15) is 0 Å².